The normalized spacial score (nSPS) is 21.0. The van der Waals surface area contributed by atoms with Gasteiger partial charge in [-0.3, -0.25) is 0 Å². The van der Waals surface area contributed by atoms with Crippen molar-refractivity contribution in [3.05, 3.63) is 0 Å². The molecule has 0 fully saturated rings. The van der Waals surface area contributed by atoms with Gasteiger partial charge in [-0.15, -0.1) is 23.2 Å². The van der Waals surface area contributed by atoms with E-state index in [4.69, 9.17) is 28.3 Å². The molecule has 0 aliphatic rings. The molecule has 0 radical (unpaired) electrons. The van der Waals surface area contributed by atoms with Crippen molar-refractivity contribution in [3.8, 4) is 0 Å². The molecule has 0 aromatic carbocycles. The van der Waals surface area contributed by atoms with Gasteiger partial charge < -0.3 is 5.11 Å². The lowest BCUT2D eigenvalue weighted by molar-refractivity contribution is 0.266. The van der Waals surface area contributed by atoms with E-state index in [2.05, 4.69) is 0 Å². The van der Waals surface area contributed by atoms with Crippen molar-refractivity contribution in [1.29, 1.82) is 0 Å². The molecule has 9 heavy (non-hydrogen) atoms. The number of hydrogen-bond donors (Lipinski definition) is 1. The molecule has 0 rings (SSSR count). The zero-order valence-electron chi connectivity index (χ0n) is 5.64. The van der Waals surface area contributed by atoms with E-state index in [-0.39, 0.29) is 23.3 Å². The molecule has 0 spiro atoms. The van der Waals surface area contributed by atoms with Crippen LogP contribution in [-0.2, 0) is 0 Å². The van der Waals surface area contributed by atoms with Crippen LogP contribution >= 0.6 is 23.2 Å². The summed E-state index contributed by atoms with van der Waals surface area (Å²) in [7, 11) is 0. The first-order valence-electron chi connectivity index (χ1n) is 2.98. The number of rotatable bonds is 3. The Kier molecular flexibility index (Phi) is 4.63. The molecule has 0 saturated heterocycles. The van der Waals surface area contributed by atoms with Crippen LogP contribution < -0.4 is 0 Å². The minimum Gasteiger partial charge on any atom is -0.395 e. The van der Waals surface area contributed by atoms with E-state index < -0.39 is 0 Å². The quantitative estimate of drug-likeness (QED) is 0.642. The fourth-order valence-corrected chi connectivity index (χ4v) is 0.922. The van der Waals surface area contributed by atoms with Gasteiger partial charge in [0.05, 0.1) is 12.0 Å². The second-order valence-electron chi connectivity index (χ2n) is 2.24. The SMILES string of the molecule is CC(Cl)C(C)C(Cl)CO. The first-order valence-corrected chi connectivity index (χ1v) is 3.86. The Morgan fingerprint density at radius 1 is 1.33 bits per heavy atom. The van der Waals surface area contributed by atoms with Gasteiger partial charge in [0.25, 0.3) is 0 Å². The Labute approximate surface area is 66.0 Å². The van der Waals surface area contributed by atoms with E-state index >= 15 is 0 Å². The third-order valence-corrected chi connectivity index (χ3v) is 2.40. The summed E-state index contributed by atoms with van der Waals surface area (Å²) in [5.74, 6) is 0.165. The van der Waals surface area contributed by atoms with Gasteiger partial charge in [-0.1, -0.05) is 6.92 Å². The Hall–Kier alpha value is 0.540. The van der Waals surface area contributed by atoms with Gasteiger partial charge in [0.2, 0.25) is 0 Å². The predicted octanol–water partition coefficient (Wildman–Crippen LogP) is 1.85. The van der Waals surface area contributed by atoms with E-state index in [1.807, 2.05) is 13.8 Å². The minimum atomic E-state index is -0.211. The van der Waals surface area contributed by atoms with Gasteiger partial charge >= 0.3 is 0 Å². The van der Waals surface area contributed by atoms with Crippen LogP contribution in [-0.4, -0.2) is 22.5 Å². The highest BCUT2D eigenvalue weighted by Crippen LogP contribution is 2.17. The molecule has 0 heterocycles. The van der Waals surface area contributed by atoms with E-state index in [1.54, 1.807) is 0 Å². The number of aliphatic hydroxyl groups is 1. The topological polar surface area (TPSA) is 20.2 Å². The molecule has 1 N–H and O–H groups in total. The summed E-state index contributed by atoms with van der Waals surface area (Å²) < 4.78 is 0. The first kappa shape index (κ1) is 9.54. The molecule has 0 aromatic rings. The summed E-state index contributed by atoms with van der Waals surface area (Å²) in [4.78, 5) is 0. The van der Waals surface area contributed by atoms with Gasteiger partial charge in [0.15, 0.2) is 0 Å². The molecule has 0 aliphatic carbocycles. The second kappa shape index (κ2) is 4.37. The zero-order chi connectivity index (χ0) is 7.44. The molecule has 0 bridgehead atoms. The van der Waals surface area contributed by atoms with Crippen LogP contribution in [0, 0.1) is 5.92 Å². The average Bonchev–Trinajstić information content (AvgIpc) is 1.84. The standard InChI is InChI=1S/C6H12Cl2O/c1-4(5(2)7)6(8)3-9/h4-6,9H,3H2,1-2H3. The van der Waals surface area contributed by atoms with Crippen molar-refractivity contribution in [2.45, 2.75) is 24.6 Å². The van der Waals surface area contributed by atoms with Crippen LogP contribution in [0.15, 0.2) is 0 Å². The van der Waals surface area contributed by atoms with Crippen molar-refractivity contribution >= 4 is 23.2 Å². The van der Waals surface area contributed by atoms with Crippen LogP contribution in [0.2, 0.25) is 0 Å². The Balaban J connectivity index is 3.58. The summed E-state index contributed by atoms with van der Waals surface area (Å²) in [5.41, 5.74) is 0. The third kappa shape index (κ3) is 3.29. The monoisotopic (exact) mass is 170 g/mol. The largest absolute Gasteiger partial charge is 0.395 e. The fourth-order valence-electron chi connectivity index (χ4n) is 0.454. The highest BCUT2D eigenvalue weighted by atomic mass is 35.5. The molecule has 3 atom stereocenters. The lowest BCUT2D eigenvalue weighted by Crippen LogP contribution is -2.22. The first-order chi connectivity index (χ1) is 4.09. The van der Waals surface area contributed by atoms with Crippen LogP contribution in [0.3, 0.4) is 0 Å². The molecule has 3 unspecified atom stereocenters. The van der Waals surface area contributed by atoms with Gasteiger partial charge in [0.1, 0.15) is 0 Å². The second-order valence-corrected chi connectivity index (χ2v) is 3.48. The van der Waals surface area contributed by atoms with Gasteiger partial charge in [-0.05, 0) is 12.8 Å². The number of alkyl halides is 2. The number of hydrogen-bond acceptors (Lipinski definition) is 1. The van der Waals surface area contributed by atoms with Crippen LogP contribution in [0.4, 0.5) is 0 Å². The van der Waals surface area contributed by atoms with Crippen LogP contribution in [0.1, 0.15) is 13.8 Å². The highest BCUT2D eigenvalue weighted by molar-refractivity contribution is 6.23. The lowest BCUT2D eigenvalue weighted by atomic mass is 10.1. The molecule has 3 heteroatoms. The summed E-state index contributed by atoms with van der Waals surface area (Å²) in [6.07, 6.45) is 0. The van der Waals surface area contributed by atoms with E-state index in [9.17, 15) is 0 Å². The molecule has 0 aliphatic heterocycles. The maximum absolute atomic E-state index is 8.56. The van der Waals surface area contributed by atoms with Crippen molar-refractivity contribution in [2.24, 2.45) is 5.92 Å². The predicted molar refractivity (Wildman–Crippen MR) is 41.2 cm³/mol. The Morgan fingerprint density at radius 2 is 1.78 bits per heavy atom. The smallest absolute Gasteiger partial charge is 0.0606 e. The summed E-state index contributed by atoms with van der Waals surface area (Å²) in [6, 6.07) is 0. The lowest BCUT2D eigenvalue weighted by Gasteiger charge is -2.17. The maximum atomic E-state index is 8.56. The molecular weight excluding hydrogens is 159 g/mol. The van der Waals surface area contributed by atoms with Crippen LogP contribution in [0.25, 0.3) is 0 Å². The Bertz CT molecular complexity index is 75.5. The molecule has 56 valence electrons. The minimum absolute atomic E-state index is 0.000216. The van der Waals surface area contributed by atoms with E-state index in [0.717, 1.165) is 0 Å². The third-order valence-electron chi connectivity index (χ3n) is 1.47. The molecule has 1 nitrogen and oxygen atoms in total. The molecule has 0 aromatic heterocycles. The summed E-state index contributed by atoms with van der Waals surface area (Å²) in [6.45, 7) is 3.79. The van der Waals surface area contributed by atoms with Crippen molar-refractivity contribution in [2.75, 3.05) is 6.61 Å². The van der Waals surface area contributed by atoms with Gasteiger partial charge in [0, 0.05) is 5.38 Å². The van der Waals surface area contributed by atoms with E-state index in [0.29, 0.717) is 0 Å². The van der Waals surface area contributed by atoms with Crippen molar-refractivity contribution < 1.29 is 5.11 Å². The van der Waals surface area contributed by atoms with E-state index in [1.165, 1.54) is 0 Å². The number of aliphatic hydroxyl groups excluding tert-OH is 1. The Morgan fingerprint density at radius 3 is 1.89 bits per heavy atom. The highest BCUT2D eigenvalue weighted by Gasteiger charge is 2.17. The number of halogens is 2. The summed E-state index contributed by atoms with van der Waals surface area (Å²) in [5, 5.41) is 8.38. The maximum Gasteiger partial charge on any atom is 0.0606 e. The summed E-state index contributed by atoms with van der Waals surface area (Å²) >= 11 is 11.4. The van der Waals surface area contributed by atoms with Crippen LogP contribution in [0.5, 0.6) is 0 Å². The molecule has 0 amide bonds. The van der Waals surface area contributed by atoms with Crippen molar-refractivity contribution in [1.82, 2.24) is 0 Å². The molecule has 0 saturated carbocycles. The average molecular weight is 171 g/mol. The van der Waals surface area contributed by atoms with Gasteiger partial charge in [-0.2, -0.15) is 0 Å². The fraction of sp³-hybridized carbons (Fsp3) is 1.00. The zero-order valence-corrected chi connectivity index (χ0v) is 7.15. The van der Waals surface area contributed by atoms with Gasteiger partial charge in [-0.25, -0.2) is 0 Å². The molecular formula is C6H12Cl2O. The van der Waals surface area contributed by atoms with Crippen molar-refractivity contribution in [3.63, 3.8) is 0 Å².